The van der Waals surface area contributed by atoms with Crippen LogP contribution in [0.1, 0.15) is 6.42 Å². The Kier molecular flexibility index (Phi) is 4.99. The largest absolute Gasteiger partial charge is 0.375 e. The van der Waals surface area contributed by atoms with E-state index in [1.54, 1.807) is 0 Å². The van der Waals surface area contributed by atoms with Gasteiger partial charge < -0.3 is 15.4 Å². The van der Waals surface area contributed by atoms with Crippen molar-refractivity contribution < 1.29 is 13.9 Å². The van der Waals surface area contributed by atoms with Crippen molar-refractivity contribution in [1.82, 2.24) is 5.32 Å². The van der Waals surface area contributed by atoms with E-state index in [1.165, 1.54) is 0 Å². The first-order valence-electron chi connectivity index (χ1n) is 5.83. The van der Waals surface area contributed by atoms with Gasteiger partial charge >= 0.3 is 0 Å². The monoisotopic (exact) mass is 306 g/mol. The van der Waals surface area contributed by atoms with E-state index in [4.69, 9.17) is 27.9 Å². The molecule has 1 aromatic carbocycles. The quantitative estimate of drug-likeness (QED) is 0.902. The maximum atomic E-state index is 13.0. The lowest BCUT2D eigenvalue weighted by molar-refractivity contribution is -0.119. The van der Waals surface area contributed by atoms with Crippen molar-refractivity contribution >= 4 is 34.8 Å². The van der Waals surface area contributed by atoms with Crippen molar-refractivity contribution in [3.05, 3.63) is 28.0 Å². The van der Waals surface area contributed by atoms with Gasteiger partial charge in [-0.2, -0.15) is 0 Å². The normalized spacial score (nSPS) is 19.2. The van der Waals surface area contributed by atoms with Gasteiger partial charge in [-0.25, -0.2) is 4.39 Å². The smallest absolute Gasteiger partial charge is 0.227 e. The third-order valence-electron chi connectivity index (χ3n) is 2.69. The topological polar surface area (TPSA) is 50.4 Å². The maximum absolute atomic E-state index is 13.0. The van der Waals surface area contributed by atoms with Gasteiger partial charge in [-0.05, 0) is 12.1 Å². The second kappa shape index (κ2) is 6.52. The number of morpholine rings is 1. The molecule has 104 valence electrons. The molecule has 1 unspecified atom stereocenters. The number of rotatable bonds is 3. The van der Waals surface area contributed by atoms with Gasteiger partial charge in [0.15, 0.2) is 0 Å². The molecule has 1 aliphatic rings. The number of anilines is 1. The fraction of sp³-hybridized carbons (Fsp3) is 0.417. The van der Waals surface area contributed by atoms with Gasteiger partial charge in [0.1, 0.15) is 5.82 Å². The van der Waals surface area contributed by atoms with Gasteiger partial charge in [-0.3, -0.25) is 4.79 Å². The second-order valence-corrected chi connectivity index (χ2v) is 5.01. The molecule has 0 radical (unpaired) electrons. The van der Waals surface area contributed by atoms with Crippen LogP contribution in [0.25, 0.3) is 0 Å². The third-order valence-corrected chi connectivity index (χ3v) is 3.28. The number of amides is 1. The Balaban J connectivity index is 1.98. The van der Waals surface area contributed by atoms with Crippen LogP contribution in [0, 0.1) is 5.82 Å². The number of halogens is 3. The van der Waals surface area contributed by atoms with Crippen LogP contribution in [0.3, 0.4) is 0 Å². The van der Waals surface area contributed by atoms with Crippen molar-refractivity contribution in [2.24, 2.45) is 0 Å². The Labute approximate surface area is 120 Å². The van der Waals surface area contributed by atoms with E-state index in [-0.39, 0.29) is 34.2 Å². The molecule has 0 bridgehead atoms. The first-order valence-corrected chi connectivity index (χ1v) is 6.58. The van der Waals surface area contributed by atoms with E-state index in [0.29, 0.717) is 13.2 Å². The Morgan fingerprint density at radius 1 is 1.47 bits per heavy atom. The lowest BCUT2D eigenvalue weighted by Crippen LogP contribution is -2.40. The van der Waals surface area contributed by atoms with Crippen LogP contribution in [0.5, 0.6) is 0 Å². The SMILES string of the molecule is O=C(CC1CNCCO1)Nc1c(Cl)cc(F)cc1Cl. The molecule has 1 fully saturated rings. The van der Waals surface area contributed by atoms with Crippen LogP contribution in [0.15, 0.2) is 12.1 Å². The number of hydrogen-bond acceptors (Lipinski definition) is 3. The number of nitrogens with one attached hydrogen (secondary N) is 2. The molecule has 1 saturated heterocycles. The highest BCUT2D eigenvalue weighted by Crippen LogP contribution is 2.31. The summed E-state index contributed by atoms with van der Waals surface area (Å²) in [5, 5.41) is 5.84. The highest BCUT2D eigenvalue weighted by molar-refractivity contribution is 6.39. The molecule has 0 aliphatic carbocycles. The van der Waals surface area contributed by atoms with Crippen molar-refractivity contribution in [3.8, 4) is 0 Å². The minimum atomic E-state index is -0.548. The molecule has 1 atom stereocenters. The molecule has 1 amide bonds. The molecule has 0 saturated carbocycles. The van der Waals surface area contributed by atoms with Crippen molar-refractivity contribution in [3.63, 3.8) is 0 Å². The zero-order valence-corrected chi connectivity index (χ0v) is 11.5. The van der Waals surface area contributed by atoms with Crippen LogP contribution >= 0.6 is 23.2 Å². The van der Waals surface area contributed by atoms with Crippen LogP contribution in [0.2, 0.25) is 10.0 Å². The first-order chi connectivity index (χ1) is 9.06. The number of ether oxygens (including phenoxy) is 1. The Hall–Kier alpha value is -0.880. The summed E-state index contributed by atoms with van der Waals surface area (Å²) < 4.78 is 18.4. The minimum Gasteiger partial charge on any atom is -0.375 e. The van der Waals surface area contributed by atoms with Gasteiger partial charge in [0.05, 0.1) is 34.9 Å². The number of carbonyl (C=O) groups excluding carboxylic acids is 1. The molecule has 0 spiro atoms. The van der Waals surface area contributed by atoms with Crippen LogP contribution in [-0.4, -0.2) is 31.7 Å². The summed E-state index contributed by atoms with van der Waals surface area (Å²) in [7, 11) is 0. The van der Waals surface area contributed by atoms with Crippen LogP contribution < -0.4 is 10.6 Å². The summed E-state index contributed by atoms with van der Waals surface area (Å²) in [5.74, 6) is -0.822. The number of carbonyl (C=O) groups is 1. The highest BCUT2D eigenvalue weighted by atomic mass is 35.5. The average Bonchev–Trinajstić information content (AvgIpc) is 2.35. The predicted molar refractivity (Wildman–Crippen MR) is 72.3 cm³/mol. The lowest BCUT2D eigenvalue weighted by atomic mass is 10.2. The molecule has 7 heteroatoms. The maximum Gasteiger partial charge on any atom is 0.227 e. The average molecular weight is 307 g/mol. The Morgan fingerprint density at radius 2 is 2.16 bits per heavy atom. The summed E-state index contributed by atoms with van der Waals surface area (Å²) >= 11 is 11.7. The van der Waals surface area contributed by atoms with Crippen molar-refractivity contribution in [2.45, 2.75) is 12.5 Å². The summed E-state index contributed by atoms with van der Waals surface area (Å²) in [6.45, 7) is 1.99. The summed E-state index contributed by atoms with van der Waals surface area (Å²) in [6.07, 6.45) is 0.0172. The van der Waals surface area contributed by atoms with Gasteiger partial charge in [0.25, 0.3) is 0 Å². The molecule has 2 rings (SSSR count). The number of hydrogen-bond donors (Lipinski definition) is 2. The predicted octanol–water partition coefficient (Wildman–Crippen LogP) is 2.45. The molecule has 1 heterocycles. The standard InChI is InChI=1S/C12H13Cl2FN2O2/c13-9-3-7(15)4-10(14)12(9)17-11(18)5-8-6-16-1-2-19-8/h3-4,8,16H,1-2,5-6H2,(H,17,18). The van der Waals surface area contributed by atoms with Crippen LogP contribution in [0.4, 0.5) is 10.1 Å². The first kappa shape index (κ1) is 14.5. The third kappa shape index (κ3) is 4.04. The fourth-order valence-electron chi connectivity index (χ4n) is 1.81. The van der Waals surface area contributed by atoms with E-state index < -0.39 is 5.82 Å². The molecule has 2 N–H and O–H groups in total. The summed E-state index contributed by atoms with van der Waals surface area (Å²) in [5.41, 5.74) is 0.221. The van der Waals surface area contributed by atoms with Crippen molar-refractivity contribution in [1.29, 1.82) is 0 Å². The van der Waals surface area contributed by atoms with Crippen LogP contribution in [-0.2, 0) is 9.53 Å². The molecule has 19 heavy (non-hydrogen) atoms. The molecule has 4 nitrogen and oxygen atoms in total. The Bertz CT molecular complexity index is 456. The van der Waals surface area contributed by atoms with E-state index in [2.05, 4.69) is 10.6 Å². The molecule has 1 aromatic rings. The van der Waals surface area contributed by atoms with Gasteiger partial charge in [0, 0.05) is 13.1 Å². The fourth-order valence-corrected chi connectivity index (χ4v) is 2.36. The molecular weight excluding hydrogens is 294 g/mol. The molecular formula is C12H13Cl2FN2O2. The zero-order chi connectivity index (χ0) is 13.8. The van der Waals surface area contributed by atoms with Crippen molar-refractivity contribution in [2.75, 3.05) is 25.0 Å². The van der Waals surface area contributed by atoms with E-state index in [9.17, 15) is 9.18 Å². The zero-order valence-electron chi connectivity index (χ0n) is 10.0. The Morgan fingerprint density at radius 3 is 2.74 bits per heavy atom. The second-order valence-electron chi connectivity index (χ2n) is 4.19. The highest BCUT2D eigenvalue weighted by Gasteiger charge is 2.19. The van der Waals surface area contributed by atoms with E-state index in [0.717, 1.165) is 18.7 Å². The lowest BCUT2D eigenvalue weighted by Gasteiger charge is -2.23. The minimum absolute atomic E-state index is 0.0704. The van der Waals surface area contributed by atoms with Gasteiger partial charge in [-0.15, -0.1) is 0 Å². The summed E-state index contributed by atoms with van der Waals surface area (Å²) in [4.78, 5) is 11.8. The van der Waals surface area contributed by atoms with E-state index >= 15 is 0 Å². The molecule has 0 aromatic heterocycles. The van der Waals surface area contributed by atoms with Gasteiger partial charge in [0.2, 0.25) is 5.91 Å². The van der Waals surface area contributed by atoms with E-state index in [1.807, 2.05) is 0 Å². The molecule has 1 aliphatic heterocycles. The number of benzene rings is 1. The van der Waals surface area contributed by atoms with Gasteiger partial charge in [-0.1, -0.05) is 23.2 Å². The summed E-state index contributed by atoms with van der Waals surface area (Å²) in [6, 6.07) is 2.20.